The average molecular weight is 218 g/mol. The zero-order valence-electron chi connectivity index (χ0n) is 9.27. The van der Waals surface area contributed by atoms with E-state index in [4.69, 9.17) is 5.84 Å². The zero-order chi connectivity index (χ0) is 11.8. The van der Waals surface area contributed by atoms with E-state index in [-0.39, 0.29) is 5.91 Å². The normalized spacial score (nSPS) is 18.6. The molecule has 5 heteroatoms. The number of carbonyl (C=O) groups is 1. The topological polar surface area (TPSA) is 70.7 Å². The Morgan fingerprint density at radius 2 is 1.94 bits per heavy atom. The number of aliphatic imine (C=N–C) groups is 1. The van der Waals surface area contributed by atoms with Gasteiger partial charge in [0.25, 0.3) is 5.91 Å². The maximum Gasteiger partial charge on any atom is 0.271 e. The standard InChI is InChI=1S/C11H14N4O/c1-11(2)9(16)15(12)10(14-11)13-8-6-4-3-5-7-8/h3-7H,12H2,1-2H3,(H,13,14). The molecular formula is C11H14N4O. The summed E-state index contributed by atoms with van der Waals surface area (Å²) in [6, 6.07) is 9.46. The van der Waals surface area contributed by atoms with Gasteiger partial charge in [0.05, 0.1) is 0 Å². The first-order valence-electron chi connectivity index (χ1n) is 5.02. The number of nitrogens with zero attached hydrogens (tertiary/aromatic N) is 2. The van der Waals surface area contributed by atoms with Crippen LogP contribution in [0.2, 0.25) is 0 Å². The lowest BCUT2D eigenvalue weighted by Crippen LogP contribution is -2.45. The number of nitrogens with one attached hydrogen (secondary N) is 1. The number of anilines is 1. The van der Waals surface area contributed by atoms with E-state index in [1.807, 2.05) is 30.3 Å². The molecule has 1 amide bonds. The molecule has 0 saturated carbocycles. The van der Waals surface area contributed by atoms with Crippen LogP contribution < -0.4 is 11.2 Å². The van der Waals surface area contributed by atoms with Crippen molar-refractivity contribution in [2.24, 2.45) is 10.8 Å². The Balaban J connectivity index is 2.21. The van der Waals surface area contributed by atoms with Crippen LogP contribution in [0.15, 0.2) is 35.3 Å². The molecule has 3 N–H and O–H groups in total. The van der Waals surface area contributed by atoms with Crippen molar-refractivity contribution in [3.8, 4) is 0 Å². The van der Waals surface area contributed by atoms with E-state index in [2.05, 4.69) is 10.3 Å². The van der Waals surface area contributed by atoms with Crippen LogP contribution >= 0.6 is 0 Å². The first-order chi connectivity index (χ1) is 7.50. The molecule has 84 valence electrons. The maximum atomic E-state index is 11.7. The summed E-state index contributed by atoms with van der Waals surface area (Å²) in [7, 11) is 0. The van der Waals surface area contributed by atoms with Gasteiger partial charge in [0.15, 0.2) is 0 Å². The SMILES string of the molecule is CC1(C)N=C(Nc2ccccc2)N(N)C1=O. The summed E-state index contributed by atoms with van der Waals surface area (Å²) in [4.78, 5) is 15.9. The van der Waals surface area contributed by atoms with Crippen molar-refractivity contribution < 1.29 is 4.79 Å². The molecule has 0 spiro atoms. The van der Waals surface area contributed by atoms with Gasteiger partial charge in [-0.15, -0.1) is 0 Å². The van der Waals surface area contributed by atoms with Crippen LogP contribution in [0.1, 0.15) is 13.8 Å². The quantitative estimate of drug-likeness (QED) is 0.544. The Morgan fingerprint density at radius 3 is 2.44 bits per heavy atom. The first-order valence-corrected chi connectivity index (χ1v) is 5.02. The van der Waals surface area contributed by atoms with E-state index in [9.17, 15) is 4.79 Å². The number of guanidine groups is 1. The van der Waals surface area contributed by atoms with Gasteiger partial charge in [-0.25, -0.2) is 15.8 Å². The minimum Gasteiger partial charge on any atom is -0.325 e. The number of nitrogens with two attached hydrogens (primary N) is 1. The van der Waals surface area contributed by atoms with E-state index in [1.165, 1.54) is 0 Å². The van der Waals surface area contributed by atoms with Crippen molar-refractivity contribution >= 4 is 17.6 Å². The van der Waals surface area contributed by atoms with Crippen molar-refractivity contribution in [1.82, 2.24) is 5.01 Å². The summed E-state index contributed by atoms with van der Waals surface area (Å²) in [6.45, 7) is 3.46. The molecule has 0 aliphatic carbocycles. The smallest absolute Gasteiger partial charge is 0.271 e. The van der Waals surface area contributed by atoms with Crippen LogP contribution in [0.25, 0.3) is 0 Å². The van der Waals surface area contributed by atoms with Crippen LogP contribution in [0.3, 0.4) is 0 Å². The fraction of sp³-hybridized carbons (Fsp3) is 0.273. The van der Waals surface area contributed by atoms with Crippen molar-refractivity contribution in [3.63, 3.8) is 0 Å². The van der Waals surface area contributed by atoms with E-state index < -0.39 is 5.54 Å². The number of hydrogen-bond donors (Lipinski definition) is 2. The summed E-state index contributed by atoms with van der Waals surface area (Å²) < 4.78 is 0. The van der Waals surface area contributed by atoms with Crippen molar-refractivity contribution in [2.75, 3.05) is 5.32 Å². The third-order valence-electron chi connectivity index (χ3n) is 2.39. The van der Waals surface area contributed by atoms with Crippen LogP contribution in [0, 0.1) is 0 Å². The number of amides is 1. The highest BCUT2D eigenvalue weighted by Crippen LogP contribution is 2.20. The Labute approximate surface area is 93.9 Å². The highest BCUT2D eigenvalue weighted by molar-refractivity contribution is 6.11. The minimum atomic E-state index is -0.786. The molecule has 1 aromatic carbocycles. The molecule has 0 saturated heterocycles. The van der Waals surface area contributed by atoms with Crippen molar-refractivity contribution in [3.05, 3.63) is 30.3 Å². The van der Waals surface area contributed by atoms with E-state index in [0.717, 1.165) is 10.7 Å². The van der Waals surface area contributed by atoms with Crippen molar-refractivity contribution in [1.29, 1.82) is 0 Å². The highest BCUT2D eigenvalue weighted by Gasteiger charge is 2.39. The second kappa shape index (κ2) is 3.61. The molecule has 0 fully saturated rings. The van der Waals surface area contributed by atoms with Crippen LogP contribution in [0.5, 0.6) is 0 Å². The third kappa shape index (κ3) is 1.77. The zero-order valence-corrected chi connectivity index (χ0v) is 9.27. The molecule has 1 aliphatic heterocycles. The lowest BCUT2D eigenvalue weighted by molar-refractivity contribution is -0.130. The summed E-state index contributed by atoms with van der Waals surface area (Å²) in [5.41, 5.74) is 0.0634. The highest BCUT2D eigenvalue weighted by atomic mass is 16.2. The van der Waals surface area contributed by atoms with Gasteiger partial charge >= 0.3 is 0 Å². The van der Waals surface area contributed by atoms with E-state index >= 15 is 0 Å². The molecule has 0 bridgehead atoms. The number of rotatable bonds is 1. The van der Waals surface area contributed by atoms with E-state index in [1.54, 1.807) is 13.8 Å². The summed E-state index contributed by atoms with van der Waals surface area (Å²) >= 11 is 0. The molecule has 2 rings (SSSR count). The molecule has 1 heterocycles. The van der Waals surface area contributed by atoms with Crippen LogP contribution in [-0.4, -0.2) is 22.4 Å². The fourth-order valence-electron chi connectivity index (χ4n) is 1.50. The second-order valence-corrected chi connectivity index (χ2v) is 4.16. The number of carbonyl (C=O) groups excluding carboxylic acids is 1. The predicted octanol–water partition coefficient (Wildman–Crippen LogP) is 0.949. The summed E-state index contributed by atoms with van der Waals surface area (Å²) in [5, 5.41) is 4.06. The minimum absolute atomic E-state index is 0.217. The second-order valence-electron chi connectivity index (χ2n) is 4.16. The Bertz CT molecular complexity index is 439. The molecule has 0 radical (unpaired) electrons. The fourth-order valence-corrected chi connectivity index (χ4v) is 1.50. The molecule has 16 heavy (non-hydrogen) atoms. The largest absolute Gasteiger partial charge is 0.325 e. The van der Waals surface area contributed by atoms with Gasteiger partial charge < -0.3 is 5.32 Å². The number of hydrogen-bond acceptors (Lipinski definition) is 4. The van der Waals surface area contributed by atoms with Crippen LogP contribution in [-0.2, 0) is 4.79 Å². The van der Waals surface area contributed by atoms with Crippen LogP contribution in [0.4, 0.5) is 5.69 Å². The molecule has 1 aromatic rings. The van der Waals surface area contributed by atoms with Crippen molar-refractivity contribution in [2.45, 2.75) is 19.4 Å². The van der Waals surface area contributed by atoms with Gasteiger partial charge in [-0.05, 0) is 26.0 Å². The molecule has 5 nitrogen and oxygen atoms in total. The first kappa shape index (κ1) is 10.6. The monoisotopic (exact) mass is 218 g/mol. The van der Waals surface area contributed by atoms with Gasteiger partial charge in [0.2, 0.25) is 5.96 Å². The number of hydrazine groups is 1. The number of benzene rings is 1. The maximum absolute atomic E-state index is 11.7. The molecule has 0 atom stereocenters. The third-order valence-corrected chi connectivity index (χ3v) is 2.39. The Kier molecular flexibility index (Phi) is 2.40. The predicted molar refractivity (Wildman–Crippen MR) is 62.6 cm³/mol. The number of para-hydroxylation sites is 1. The molecule has 1 aliphatic rings. The Hall–Kier alpha value is -1.88. The van der Waals surface area contributed by atoms with Gasteiger partial charge in [-0.2, -0.15) is 0 Å². The summed E-state index contributed by atoms with van der Waals surface area (Å²) in [6.07, 6.45) is 0. The van der Waals surface area contributed by atoms with Gasteiger partial charge in [0, 0.05) is 5.69 Å². The van der Waals surface area contributed by atoms with Gasteiger partial charge in [-0.1, -0.05) is 18.2 Å². The molecule has 0 aromatic heterocycles. The lowest BCUT2D eigenvalue weighted by atomic mass is 10.1. The van der Waals surface area contributed by atoms with Gasteiger partial charge in [-0.3, -0.25) is 4.79 Å². The van der Waals surface area contributed by atoms with E-state index in [0.29, 0.717) is 5.96 Å². The molecular weight excluding hydrogens is 204 g/mol. The Morgan fingerprint density at radius 1 is 1.31 bits per heavy atom. The molecule has 0 unspecified atom stereocenters. The average Bonchev–Trinajstić information content (AvgIpc) is 2.44. The summed E-state index contributed by atoms with van der Waals surface area (Å²) in [5.74, 6) is 5.80. The van der Waals surface area contributed by atoms with Gasteiger partial charge in [0.1, 0.15) is 5.54 Å². The lowest BCUT2D eigenvalue weighted by Gasteiger charge is -2.14.